The Kier molecular flexibility index (Phi) is 3.96. The molecule has 7 nitrogen and oxygen atoms in total. The molecule has 0 atom stereocenters. The summed E-state index contributed by atoms with van der Waals surface area (Å²) >= 11 is 0. The maximum absolute atomic E-state index is 12.9. The van der Waals surface area contributed by atoms with E-state index in [9.17, 15) is 4.79 Å². The Morgan fingerprint density at radius 2 is 2.00 bits per heavy atom. The van der Waals surface area contributed by atoms with Gasteiger partial charge in [0.25, 0.3) is 5.56 Å². The lowest BCUT2D eigenvalue weighted by Gasteiger charge is -2.40. The number of aryl methyl sites for hydroxylation is 1. The average molecular weight is 389 g/mol. The van der Waals surface area contributed by atoms with Gasteiger partial charge in [0.2, 0.25) is 0 Å². The van der Waals surface area contributed by atoms with Crippen molar-refractivity contribution in [2.24, 2.45) is 0 Å². The number of hydrogen-bond acceptors (Lipinski definition) is 6. The molecular formula is C22H23N5O2. The molecule has 1 N–H and O–H groups in total. The molecule has 1 aromatic carbocycles. The van der Waals surface area contributed by atoms with Crippen molar-refractivity contribution in [3.05, 3.63) is 58.8 Å². The summed E-state index contributed by atoms with van der Waals surface area (Å²) in [5.74, 6) is 0.618. The Balaban J connectivity index is 1.55. The van der Waals surface area contributed by atoms with Gasteiger partial charge in [-0.3, -0.25) is 9.20 Å². The second-order valence-electron chi connectivity index (χ2n) is 8.24. The number of anilines is 1. The summed E-state index contributed by atoms with van der Waals surface area (Å²) in [5.41, 5.74) is 4.55. The zero-order valence-electron chi connectivity index (χ0n) is 16.8. The van der Waals surface area contributed by atoms with Gasteiger partial charge in [-0.2, -0.15) is 0 Å². The molecule has 0 saturated carbocycles. The van der Waals surface area contributed by atoms with Crippen molar-refractivity contribution in [2.75, 3.05) is 24.5 Å². The van der Waals surface area contributed by atoms with Crippen LogP contribution >= 0.6 is 0 Å². The summed E-state index contributed by atoms with van der Waals surface area (Å²) in [6.07, 6.45) is 1.89. The third kappa shape index (κ3) is 3.27. The van der Waals surface area contributed by atoms with Gasteiger partial charge >= 0.3 is 0 Å². The van der Waals surface area contributed by atoms with Crippen LogP contribution in [-0.4, -0.2) is 39.5 Å². The fourth-order valence-electron chi connectivity index (χ4n) is 3.99. The summed E-state index contributed by atoms with van der Waals surface area (Å²) in [6, 6.07) is 11.2. The smallest absolute Gasteiger partial charge is 0.258 e. The minimum atomic E-state index is -0.102. The first-order valence-electron chi connectivity index (χ1n) is 9.79. The Hall–Kier alpha value is -3.19. The van der Waals surface area contributed by atoms with E-state index in [-0.39, 0.29) is 11.1 Å². The van der Waals surface area contributed by atoms with Crippen molar-refractivity contribution in [2.45, 2.75) is 26.3 Å². The minimum absolute atomic E-state index is 0.0397. The van der Waals surface area contributed by atoms with Crippen LogP contribution in [0, 0.1) is 6.92 Å². The number of pyridine rings is 1. The van der Waals surface area contributed by atoms with Gasteiger partial charge in [0.05, 0.1) is 11.4 Å². The first kappa shape index (κ1) is 17.9. The minimum Gasteiger partial charge on any atom is -0.441 e. The number of benzene rings is 1. The monoisotopic (exact) mass is 389 g/mol. The zero-order chi connectivity index (χ0) is 20.2. The summed E-state index contributed by atoms with van der Waals surface area (Å²) in [7, 11) is 0. The number of hydrogen-bond donors (Lipinski definition) is 1. The van der Waals surface area contributed by atoms with Gasteiger partial charge in [0, 0.05) is 49.9 Å². The third-order valence-electron chi connectivity index (χ3n) is 5.37. The molecule has 0 radical (unpaired) electrons. The molecule has 0 aliphatic carbocycles. The van der Waals surface area contributed by atoms with Crippen molar-refractivity contribution >= 4 is 22.4 Å². The van der Waals surface area contributed by atoms with Crippen LogP contribution in [0.2, 0.25) is 0 Å². The quantitative estimate of drug-likeness (QED) is 0.568. The van der Waals surface area contributed by atoms with E-state index in [2.05, 4.69) is 29.0 Å². The van der Waals surface area contributed by atoms with Gasteiger partial charge in [0.15, 0.2) is 11.5 Å². The largest absolute Gasteiger partial charge is 0.441 e. The first-order valence-corrected chi connectivity index (χ1v) is 9.79. The molecule has 148 valence electrons. The van der Waals surface area contributed by atoms with Crippen molar-refractivity contribution < 1.29 is 4.42 Å². The van der Waals surface area contributed by atoms with Gasteiger partial charge in [-0.15, -0.1) is 0 Å². The lowest BCUT2D eigenvalue weighted by molar-refractivity contribution is 0.353. The second kappa shape index (κ2) is 6.42. The van der Waals surface area contributed by atoms with E-state index in [0.29, 0.717) is 22.8 Å². The Morgan fingerprint density at radius 3 is 2.83 bits per heavy atom. The van der Waals surface area contributed by atoms with Crippen LogP contribution in [0.5, 0.6) is 0 Å². The highest BCUT2D eigenvalue weighted by Gasteiger charge is 2.26. The summed E-state index contributed by atoms with van der Waals surface area (Å²) < 4.78 is 7.23. The second-order valence-corrected chi connectivity index (χ2v) is 8.24. The Bertz CT molecular complexity index is 1290. The summed E-state index contributed by atoms with van der Waals surface area (Å²) in [5, 5.41) is 3.51. The molecule has 1 fully saturated rings. The van der Waals surface area contributed by atoms with Crippen LogP contribution in [0.4, 0.5) is 5.69 Å². The van der Waals surface area contributed by atoms with E-state index in [1.54, 1.807) is 10.5 Å². The fraction of sp³-hybridized carbons (Fsp3) is 0.318. The molecule has 7 heteroatoms. The van der Waals surface area contributed by atoms with Crippen LogP contribution in [0.15, 0.2) is 51.8 Å². The number of nitrogens with one attached hydrogen (secondary N) is 1. The molecule has 3 aromatic heterocycles. The zero-order valence-corrected chi connectivity index (χ0v) is 16.8. The van der Waals surface area contributed by atoms with Gasteiger partial charge in [-0.05, 0) is 38.1 Å². The van der Waals surface area contributed by atoms with Crippen LogP contribution in [0.3, 0.4) is 0 Å². The standard InChI is InChI=1S/C22H23N5O2/c1-14-24-17-6-4-15(10-19(17)29-14)18-11-21(28)27-12-16(5-7-20(27)25-18)26-9-8-23-22(2,3)13-26/h4-7,10-12,23H,8-9,13H2,1-3H3. The fourth-order valence-corrected chi connectivity index (χ4v) is 3.99. The number of piperazine rings is 1. The van der Waals surface area contributed by atoms with Crippen LogP contribution < -0.4 is 15.8 Å². The molecule has 0 unspecified atom stereocenters. The van der Waals surface area contributed by atoms with E-state index in [1.165, 1.54) is 0 Å². The van der Waals surface area contributed by atoms with E-state index in [1.807, 2.05) is 43.5 Å². The van der Waals surface area contributed by atoms with Gasteiger partial charge in [-0.1, -0.05) is 6.07 Å². The predicted octanol–water partition coefficient (Wildman–Crippen LogP) is 3.00. The number of aromatic nitrogens is 3. The van der Waals surface area contributed by atoms with Crippen molar-refractivity contribution in [1.82, 2.24) is 19.7 Å². The molecule has 1 aliphatic heterocycles. The molecule has 1 aliphatic rings. The van der Waals surface area contributed by atoms with E-state index < -0.39 is 0 Å². The van der Waals surface area contributed by atoms with E-state index >= 15 is 0 Å². The number of nitrogens with zero attached hydrogens (tertiary/aromatic N) is 4. The highest BCUT2D eigenvalue weighted by molar-refractivity contribution is 5.79. The van der Waals surface area contributed by atoms with E-state index in [0.717, 1.165) is 36.4 Å². The Labute approximate surface area is 168 Å². The topological polar surface area (TPSA) is 75.7 Å². The number of fused-ring (bicyclic) bond motifs is 2. The van der Waals surface area contributed by atoms with Gasteiger partial charge in [0.1, 0.15) is 11.2 Å². The van der Waals surface area contributed by atoms with Crippen LogP contribution in [0.1, 0.15) is 19.7 Å². The Morgan fingerprint density at radius 1 is 1.14 bits per heavy atom. The lowest BCUT2D eigenvalue weighted by Crippen LogP contribution is -2.57. The molecule has 0 amide bonds. The maximum Gasteiger partial charge on any atom is 0.258 e. The van der Waals surface area contributed by atoms with Gasteiger partial charge in [-0.25, -0.2) is 9.97 Å². The highest BCUT2D eigenvalue weighted by Crippen LogP contribution is 2.24. The van der Waals surface area contributed by atoms with Crippen LogP contribution in [0.25, 0.3) is 28.0 Å². The summed E-state index contributed by atoms with van der Waals surface area (Å²) in [6.45, 7) is 8.90. The molecule has 0 bridgehead atoms. The number of oxazole rings is 1. The first-order chi connectivity index (χ1) is 13.9. The molecule has 5 rings (SSSR count). The van der Waals surface area contributed by atoms with Crippen molar-refractivity contribution in [3.8, 4) is 11.3 Å². The lowest BCUT2D eigenvalue weighted by atomic mass is 10.0. The normalized spacial score (nSPS) is 16.6. The molecule has 1 saturated heterocycles. The maximum atomic E-state index is 12.9. The third-order valence-corrected chi connectivity index (χ3v) is 5.37. The van der Waals surface area contributed by atoms with Crippen LogP contribution in [-0.2, 0) is 0 Å². The van der Waals surface area contributed by atoms with Crippen molar-refractivity contribution in [3.63, 3.8) is 0 Å². The molecule has 29 heavy (non-hydrogen) atoms. The highest BCUT2D eigenvalue weighted by atomic mass is 16.3. The number of rotatable bonds is 2. The molecule has 4 heterocycles. The summed E-state index contributed by atoms with van der Waals surface area (Å²) in [4.78, 5) is 24.2. The molecule has 0 spiro atoms. The predicted molar refractivity (Wildman–Crippen MR) is 113 cm³/mol. The SMILES string of the molecule is Cc1nc2ccc(-c3cc(=O)n4cc(N5CCNC(C)(C)C5)ccc4n3)cc2o1. The van der Waals surface area contributed by atoms with Crippen molar-refractivity contribution in [1.29, 1.82) is 0 Å². The van der Waals surface area contributed by atoms with Gasteiger partial charge < -0.3 is 14.6 Å². The molecular weight excluding hydrogens is 366 g/mol. The average Bonchev–Trinajstić information content (AvgIpc) is 3.06. The van der Waals surface area contributed by atoms with E-state index in [4.69, 9.17) is 9.40 Å². The molecule has 4 aromatic rings.